The number of hydrogen-bond donors (Lipinski definition) is 0. The van der Waals surface area contributed by atoms with Crippen LogP contribution in [0.2, 0.25) is 0 Å². The van der Waals surface area contributed by atoms with Crippen molar-refractivity contribution < 1.29 is 4.92 Å². The summed E-state index contributed by atoms with van der Waals surface area (Å²) in [4.78, 5) is 13.2. The fourth-order valence-electron chi connectivity index (χ4n) is 1.15. The van der Waals surface area contributed by atoms with Crippen LogP contribution >= 0.6 is 0 Å². The summed E-state index contributed by atoms with van der Waals surface area (Å²) in [5.74, 6) is 0. The van der Waals surface area contributed by atoms with Gasteiger partial charge >= 0.3 is 0 Å². The van der Waals surface area contributed by atoms with Crippen LogP contribution in [-0.2, 0) is 0 Å². The SMILES string of the molecule is [C-]#[N+]c1cc([N+](=O)[O-])c(C)cc1C. The third-order valence-electron chi connectivity index (χ3n) is 1.83. The monoisotopic (exact) mass is 176 g/mol. The molecule has 0 radical (unpaired) electrons. The molecule has 1 rings (SSSR count). The number of nitro groups is 1. The molecule has 4 nitrogen and oxygen atoms in total. The quantitative estimate of drug-likeness (QED) is 0.375. The molecule has 0 saturated carbocycles. The van der Waals surface area contributed by atoms with Gasteiger partial charge in [-0.25, -0.2) is 4.85 Å². The van der Waals surface area contributed by atoms with Crippen molar-refractivity contribution in [3.05, 3.63) is 44.8 Å². The first-order valence-corrected chi connectivity index (χ1v) is 3.69. The zero-order valence-corrected chi connectivity index (χ0v) is 7.37. The standard InChI is InChI=1S/C9H8N2O2/c1-6-4-7(2)9(11(12)13)5-8(6)10-3/h4-5H,1-2H3. The van der Waals surface area contributed by atoms with Gasteiger partial charge in [-0.05, 0) is 19.4 Å². The number of benzene rings is 1. The minimum Gasteiger partial charge on any atom is -0.258 e. The molecule has 1 aromatic carbocycles. The zero-order valence-electron chi connectivity index (χ0n) is 7.37. The van der Waals surface area contributed by atoms with Crippen molar-refractivity contribution in [2.45, 2.75) is 13.8 Å². The largest absolute Gasteiger partial charge is 0.262 e. The average Bonchev–Trinajstić information content (AvgIpc) is 2.03. The van der Waals surface area contributed by atoms with E-state index in [4.69, 9.17) is 6.57 Å². The Kier molecular flexibility index (Phi) is 2.29. The second-order valence-corrected chi connectivity index (χ2v) is 2.79. The summed E-state index contributed by atoms with van der Waals surface area (Å²) < 4.78 is 0. The highest BCUT2D eigenvalue weighted by Gasteiger charge is 2.12. The van der Waals surface area contributed by atoms with Gasteiger partial charge in [0.25, 0.3) is 5.69 Å². The first kappa shape index (κ1) is 9.20. The fourth-order valence-corrected chi connectivity index (χ4v) is 1.15. The molecule has 13 heavy (non-hydrogen) atoms. The van der Waals surface area contributed by atoms with Crippen LogP contribution in [0.3, 0.4) is 0 Å². The highest BCUT2D eigenvalue weighted by atomic mass is 16.6. The Labute approximate surface area is 75.8 Å². The van der Waals surface area contributed by atoms with E-state index in [0.29, 0.717) is 11.3 Å². The molecular formula is C9H8N2O2. The first-order chi connectivity index (χ1) is 6.06. The molecule has 0 saturated heterocycles. The third kappa shape index (κ3) is 1.64. The summed E-state index contributed by atoms with van der Waals surface area (Å²) in [7, 11) is 0. The summed E-state index contributed by atoms with van der Waals surface area (Å²) in [6.07, 6.45) is 0. The van der Waals surface area contributed by atoms with Crippen LogP contribution in [0.15, 0.2) is 12.1 Å². The fraction of sp³-hybridized carbons (Fsp3) is 0.222. The lowest BCUT2D eigenvalue weighted by Crippen LogP contribution is -1.91. The van der Waals surface area contributed by atoms with E-state index < -0.39 is 4.92 Å². The van der Waals surface area contributed by atoms with Crippen LogP contribution in [0.4, 0.5) is 11.4 Å². The third-order valence-corrected chi connectivity index (χ3v) is 1.83. The number of nitro benzene ring substituents is 1. The summed E-state index contributed by atoms with van der Waals surface area (Å²) >= 11 is 0. The minimum atomic E-state index is -0.469. The Bertz CT molecular complexity index is 405. The molecular weight excluding hydrogens is 168 g/mol. The van der Waals surface area contributed by atoms with Crippen molar-refractivity contribution in [1.29, 1.82) is 0 Å². The maximum atomic E-state index is 10.5. The van der Waals surface area contributed by atoms with Gasteiger partial charge in [-0.1, -0.05) is 6.07 Å². The Hall–Kier alpha value is -1.89. The van der Waals surface area contributed by atoms with Gasteiger partial charge in [0, 0.05) is 11.6 Å². The zero-order chi connectivity index (χ0) is 10.0. The van der Waals surface area contributed by atoms with E-state index in [1.807, 2.05) is 0 Å². The maximum absolute atomic E-state index is 10.5. The van der Waals surface area contributed by atoms with Crippen molar-refractivity contribution in [2.24, 2.45) is 0 Å². The van der Waals surface area contributed by atoms with Crippen LogP contribution in [0.25, 0.3) is 4.85 Å². The average molecular weight is 176 g/mol. The lowest BCUT2D eigenvalue weighted by molar-refractivity contribution is -0.385. The minimum absolute atomic E-state index is 0.0107. The Morgan fingerprint density at radius 2 is 2.00 bits per heavy atom. The van der Waals surface area contributed by atoms with Crippen LogP contribution in [-0.4, -0.2) is 4.92 Å². The number of hydrogen-bond acceptors (Lipinski definition) is 2. The van der Waals surface area contributed by atoms with E-state index in [1.165, 1.54) is 6.07 Å². The topological polar surface area (TPSA) is 47.5 Å². The number of rotatable bonds is 1. The van der Waals surface area contributed by atoms with Gasteiger partial charge in [-0.3, -0.25) is 10.1 Å². The van der Waals surface area contributed by atoms with Gasteiger partial charge in [0.15, 0.2) is 5.69 Å². The van der Waals surface area contributed by atoms with Crippen molar-refractivity contribution >= 4 is 11.4 Å². The molecule has 1 aromatic rings. The molecule has 0 unspecified atom stereocenters. The molecule has 0 amide bonds. The smallest absolute Gasteiger partial charge is 0.258 e. The molecule has 0 aliphatic heterocycles. The summed E-state index contributed by atoms with van der Waals surface area (Å²) in [6, 6.07) is 2.98. The predicted octanol–water partition coefficient (Wildman–Crippen LogP) is 2.76. The molecule has 0 fully saturated rings. The van der Waals surface area contributed by atoms with Gasteiger partial charge in [-0.2, -0.15) is 0 Å². The van der Waals surface area contributed by atoms with E-state index in [1.54, 1.807) is 19.9 Å². The van der Waals surface area contributed by atoms with Crippen molar-refractivity contribution in [3.8, 4) is 0 Å². The molecule has 0 bridgehead atoms. The highest BCUT2D eigenvalue weighted by molar-refractivity contribution is 5.60. The van der Waals surface area contributed by atoms with E-state index >= 15 is 0 Å². The molecule has 0 heterocycles. The van der Waals surface area contributed by atoms with E-state index in [9.17, 15) is 10.1 Å². The van der Waals surface area contributed by atoms with E-state index in [2.05, 4.69) is 4.85 Å². The molecule has 66 valence electrons. The Morgan fingerprint density at radius 1 is 1.38 bits per heavy atom. The second kappa shape index (κ2) is 3.23. The van der Waals surface area contributed by atoms with Gasteiger partial charge < -0.3 is 0 Å². The number of nitrogens with zero attached hydrogens (tertiary/aromatic N) is 2. The van der Waals surface area contributed by atoms with Crippen LogP contribution in [0.5, 0.6) is 0 Å². The van der Waals surface area contributed by atoms with Gasteiger partial charge in [0.05, 0.1) is 11.5 Å². The first-order valence-electron chi connectivity index (χ1n) is 3.69. The van der Waals surface area contributed by atoms with Crippen LogP contribution in [0.1, 0.15) is 11.1 Å². The molecule has 0 aliphatic rings. The predicted molar refractivity (Wildman–Crippen MR) is 48.8 cm³/mol. The maximum Gasteiger partial charge on any atom is 0.262 e. The van der Waals surface area contributed by atoms with Crippen molar-refractivity contribution in [1.82, 2.24) is 0 Å². The number of aryl methyl sites for hydroxylation is 2. The lowest BCUT2D eigenvalue weighted by Gasteiger charge is -2.00. The van der Waals surface area contributed by atoms with Crippen LogP contribution in [0, 0.1) is 30.5 Å². The van der Waals surface area contributed by atoms with E-state index in [0.717, 1.165) is 5.56 Å². The second-order valence-electron chi connectivity index (χ2n) is 2.79. The highest BCUT2D eigenvalue weighted by Crippen LogP contribution is 2.27. The summed E-state index contributed by atoms with van der Waals surface area (Å²) in [5, 5.41) is 10.5. The lowest BCUT2D eigenvalue weighted by atomic mass is 10.1. The van der Waals surface area contributed by atoms with Crippen molar-refractivity contribution in [3.63, 3.8) is 0 Å². The van der Waals surface area contributed by atoms with Crippen molar-refractivity contribution in [2.75, 3.05) is 0 Å². The molecule has 0 aromatic heterocycles. The van der Waals surface area contributed by atoms with Gasteiger partial charge in [0.1, 0.15) is 0 Å². The summed E-state index contributed by atoms with van der Waals surface area (Å²) in [5.41, 5.74) is 1.72. The van der Waals surface area contributed by atoms with Crippen LogP contribution < -0.4 is 0 Å². The molecule has 4 heteroatoms. The summed E-state index contributed by atoms with van der Waals surface area (Å²) in [6.45, 7) is 10.2. The Balaban J connectivity index is 3.41. The van der Waals surface area contributed by atoms with Gasteiger partial charge in [0.2, 0.25) is 0 Å². The van der Waals surface area contributed by atoms with E-state index in [-0.39, 0.29) is 5.69 Å². The Morgan fingerprint density at radius 3 is 2.46 bits per heavy atom. The molecule has 0 atom stereocenters. The molecule has 0 aliphatic carbocycles. The molecule has 0 spiro atoms. The normalized spacial score (nSPS) is 9.31. The van der Waals surface area contributed by atoms with Gasteiger partial charge in [-0.15, -0.1) is 0 Å². The molecule has 0 N–H and O–H groups in total.